The van der Waals surface area contributed by atoms with Crippen LogP contribution in [-0.4, -0.2) is 53.7 Å². The van der Waals surface area contributed by atoms with Gasteiger partial charge in [-0.1, -0.05) is 33.3 Å². The Kier molecular flexibility index (Phi) is 9.01. The van der Waals surface area contributed by atoms with E-state index < -0.39 is 41.4 Å². The molecule has 2 bridgehead atoms. The number of hydrogen-bond donors (Lipinski definition) is 5. The number of carbonyl (C=O) groups is 3. The molecule has 0 aromatic heterocycles. The maximum atomic E-state index is 13.2. The van der Waals surface area contributed by atoms with E-state index in [4.69, 9.17) is 10.5 Å². The van der Waals surface area contributed by atoms with Gasteiger partial charge < -0.3 is 31.5 Å². The monoisotopic (exact) mass is 460 g/mol. The zero-order chi connectivity index (χ0) is 24.8. The number of rotatable bonds is 5. The summed E-state index contributed by atoms with van der Waals surface area (Å²) in [5.74, 6) is -1.27. The van der Waals surface area contributed by atoms with Gasteiger partial charge in [-0.25, -0.2) is 0 Å². The van der Waals surface area contributed by atoms with Gasteiger partial charge in [0.05, 0.1) is 18.8 Å². The molecule has 1 heterocycles. The van der Waals surface area contributed by atoms with Crippen LogP contribution in [-0.2, 0) is 20.8 Å². The number of methoxy groups -OCH3 is 1. The van der Waals surface area contributed by atoms with Crippen molar-refractivity contribution in [3.63, 3.8) is 0 Å². The molecule has 2 rings (SSSR count). The van der Waals surface area contributed by atoms with Crippen LogP contribution in [0.5, 0.6) is 5.75 Å². The Labute approximate surface area is 195 Å². The first kappa shape index (κ1) is 26.3. The van der Waals surface area contributed by atoms with E-state index in [1.54, 1.807) is 25.1 Å². The van der Waals surface area contributed by atoms with Gasteiger partial charge in [0.2, 0.25) is 17.7 Å². The third kappa shape index (κ3) is 6.55. The highest BCUT2D eigenvalue weighted by Crippen LogP contribution is 2.23. The first-order valence-corrected chi connectivity index (χ1v) is 11.3. The maximum Gasteiger partial charge on any atom is 0.249 e. The van der Waals surface area contributed by atoms with Crippen LogP contribution in [0.15, 0.2) is 24.4 Å². The lowest BCUT2D eigenvalue weighted by molar-refractivity contribution is -0.138. The molecule has 1 aromatic rings. The van der Waals surface area contributed by atoms with Crippen LogP contribution in [0.3, 0.4) is 0 Å². The predicted octanol–water partition coefficient (Wildman–Crippen LogP) is 0.842. The lowest BCUT2D eigenvalue weighted by Crippen LogP contribution is -2.62. The van der Waals surface area contributed by atoms with Crippen LogP contribution >= 0.6 is 0 Å². The van der Waals surface area contributed by atoms with Crippen LogP contribution in [0.25, 0.3) is 6.08 Å². The number of carbonyl (C=O) groups excluding carboxylic acids is 3. The molecule has 9 heteroatoms. The molecule has 0 radical (unpaired) electrons. The summed E-state index contributed by atoms with van der Waals surface area (Å²) >= 11 is 0. The average molecular weight is 461 g/mol. The van der Waals surface area contributed by atoms with E-state index in [1.807, 2.05) is 19.9 Å². The van der Waals surface area contributed by atoms with E-state index in [1.165, 1.54) is 20.2 Å². The molecule has 0 saturated carbocycles. The lowest BCUT2D eigenvalue weighted by Gasteiger charge is -2.33. The Morgan fingerprint density at radius 3 is 2.48 bits per heavy atom. The molecular weight excluding hydrogens is 424 g/mol. The summed E-state index contributed by atoms with van der Waals surface area (Å²) in [6.45, 7) is 6.92. The Bertz CT molecular complexity index is 899. The van der Waals surface area contributed by atoms with Gasteiger partial charge in [-0.2, -0.15) is 0 Å². The maximum absolute atomic E-state index is 13.2. The summed E-state index contributed by atoms with van der Waals surface area (Å²) in [5.41, 5.74) is 6.17. The van der Waals surface area contributed by atoms with Crippen LogP contribution in [0.1, 0.15) is 51.7 Å². The van der Waals surface area contributed by atoms with E-state index in [0.717, 1.165) is 11.1 Å². The fourth-order valence-corrected chi connectivity index (χ4v) is 3.60. The van der Waals surface area contributed by atoms with Crippen LogP contribution in [0.4, 0.5) is 0 Å². The molecule has 182 valence electrons. The largest absolute Gasteiger partial charge is 0.496 e. The van der Waals surface area contributed by atoms with Crippen molar-refractivity contribution < 1.29 is 24.2 Å². The number of benzene rings is 1. The van der Waals surface area contributed by atoms with Crippen molar-refractivity contribution in [2.24, 2.45) is 11.7 Å². The first-order valence-electron chi connectivity index (χ1n) is 11.3. The highest BCUT2D eigenvalue weighted by molar-refractivity contribution is 5.94. The molecule has 33 heavy (non-hydrogen) atoms. The van der Waals surface area contributed by atoms with E-state index in [0.29, 0.717) is 12.2 Å². The molecule has 0 unspecified atom stereocenters. The summed E-state index contributed by atoms with van der Waals surface area (Å²) in [6.07, 6.45) is 4.15. The van der Waals surface area contributed by atoms with Gasteiger partial charge in [-0.3, -0.25) is 14.4 Å². The van der Waals surface area contributed by atoms with Crippen molar-refractivity contribution >= 4 is 23.8 Å². The summed E-state index contributed by atoms with van der Waals surface area (Å²) in [7, 11) is 1.53. The fourth-order valence-electron chi connectivity index (χ4n) is 3.60. The standard InChI is InChI=1S/C24H36N4O5/c1-6-14(3)19-22(30)28-20(24(4,32)7-2)23(31)26-11-10-15-8-9-18(33-5)16(12-15)13-17(25)21(29)27-19/h8-12,14,17,19-20,32H,6-7,13,25H2,1-5H3,(H,26,31)(H,27,29)(H,28,30)/t14-,17-,19-,20+,24-/m0/s1. The van der Waals surface area contributed by atoms with E-state index in [-0.39, 0.29) is 18.8 Å². The van der Waals surface area contributed by atoms with E-state index in [2.05, 4.69) is 16.0 Å². The summed E-state index contributed by atoms with van der Waals surface area (Å²) in [5, 5.41) is 18.8. The molecule has 6 N–H and O–H groups in total. The third-order valence-corrected chi connectivity index (χ3v) is 6.26. The zero-order valence-electron chi connectivity index (χ0n) is 20.0. The minimum absolute atomic E-state index is 0.199. The smallest absolute Gasteiger partial charge is 0.249 e. The quantitative estimate of drug-likeness (QED) is 0.441. The van der Waals surface area contributed by atoms with Crippen molar-refractivity contribution in [2.45, 2.75) is 70.7 Å². The second-order valence-electron chi connectivity index (χ2n) is 8.75. The molecule has 3 amide bonds. The molecule has 0 saturated heterocycles. The molecule has 1 aliphatic rings. The van der Waals surface area contributed by atoms with Crippen LogP contribution in [0, 0.1) is 5.92 Å². The van der Waals surface area contributed by atoms with Gasteiger partial charge >= 0.3 is 0 Å². The number of fused-ring (bicyclic) bond motifs is 2. The number of ether oxygens (including phenoxy) is 1. The van der Waals surface area contributed by atoms with Gasteiger partial charge in [-0.15, -0.1) is 0 Å². The van der Waals surface area contributed by atoms with Crippen molar-refractivity contribution in [1.29, 1.82) is 0 Å². The fraction of sp³-hybridized carbons (Fsp3) is 0.542. The molecule has 0 spiro atoms. The molecule has 9 nitrogen and oxygen atoms in total. The van der Waals surface area contributed by atoms with E-state index >= 15 is 0 Å². The zero-order valence-corrected chi connectivity index (χ0v) is 20.0. The molecule has 1 aromatic carbocycles. The molecule has 0 aliphatic carbocycles. The number of nitrogens with one attached hydrogen (secondary N) is 3. The summed E-state index contributed by atoms with van der Waals surface area (Å²) < 4.78 is 5.40. The minimum atomic E-state index is -1.50. The third-order valence-electron chi connectivity index (χ3n) is 6.26. The van der Waals surface area contributed by atoms with Gasteiger partial charge in [0.15, 0.2) is 0 Å². The lowest BCUT2D eigenvalue weighted by atomic mass is 9.91. The molecule has 1 aliphatic heterocycles. The second kappa shape index (κ2) is 11.3. The normalized spacial score (nSPS) is 24.9. The van der Waals surface area contributed by atoms with Crippen molar-refractivity contribution in [2.75, 3.05) is 7.11 Å². The SMILES string of the molecule is CC[C@H](C)[C@@H]1NC(=O)[C@@H](N)Cc2cc(ccc2OC)C=CNC(=O)[C@H]([C@@](C)(O)CC)NC1=O. The van der Waals surface area contributed by atoms with Gasteiger partial charge in [0.1, 0.15) is 17.8 Å². The summed E-state index contributed by atoms with van der Waals surface area (Å²) in [4.78, 5) is 39.0. The number of amides is 3. The van der Waals surface area contributed by atoms with Gasteiger partial charge in [0, 0.05) is 12.6 Å². The highest BCUT2D eigenvalue weighted by Gasteiger charge is 2.39. The predicted molar refractivity (Wildman–Crippen MR) is 126 cm³/mol. The Hall–Kier alpha value is -2.91. The van der Waals surface area contributed by atoms with Gasteiger partial charge in [-0.05, 0) is 48.6 Å². The van der Waals surface area contributed by atoms with Gasteiger partial charge in [0.25, 0.3) is 0 Å². The van der Waals surface area contributed by atoms with Crippen LogP contribution < -0.4 is 26.4 Å². The highest BCUT2D eigenvalue weighted by atomic mass is 16.5. The first-order chi connectivity index (χ1) is 15.5. The molecular formula is C24H36N4O5. The van der Waals surface area contributed by atoms with Crippen molar-refractivity contribution in [1.82, 2.24) is 16.0 Å². The summed E-state index contributed by atoms with van der Waals surface area (Å²) in [6, 6.07) is 2.31. The number of hydrogen-bond acceptors (Lipinski definition) is 6. The van der Waals surface area contributed by atoms with Crippen molar-refractivity contribution in [3.05, 3.63) is 35.5 Å². The van der Waals surface area contributed by atoms with E-state index in [9.17, 15) is 19.5 Å². The topological polar surface area (TPSA) is 143 Å². The minimum Gasteiger partial charge on any atom is -0.496 e. The van der Waals surface area contributed by atoms with Crippen molar-refractivity contribution in [3.8, 4) is 5.75 Å². The second-order valence-corrected chi connectivity index (χ2v) is 8.75. The Morgan fingerprint density at radius 1 is 1.18 bits per heavy atom. The average Bonchev–Trinajstić information content (AvgIpc) is 2.79. The number of nitrogens with two attached hydrogens (primary N) is 1. The molecule has 0 fully saturated rings. The molecule has 5 atom stereocenters. The Balaban J connectivity index is 2.52. The van der Waals surface area contributed by atoms with Crippen LogP contribution in [0.2, 0.25) is 0 Å². The Morgan fingerprint density at radius 2 is 1.88 bits per heavy atom. The number of aliphatic hydroxyl groups is 1.